The van der Waals surface area contributed by atoms with Gasteiger partial charge >= 0.3 is 12.4 Å². The first-order chi connectivity index (χ1) is 14.7. The van der Waals surface area contributed by atoms with Gasteiger partial charge in [-0.3, -0.25) is 14.5 Å². The van der Waals surface area contributed by atoms with Gasteiger partial charge in [0, 0.05) is 32.0 Å². The molecule has 3 heterocycles. The molecule has 0 aromatic heterocycles. The van der Waals surface area contributed by atoms with Gasteiger partial charge in [0.1, 0.15) is 11.3 Å². The smallest absolute Gasteiger partial charge is 0.406 e. The largest absolute Gasteiger partial charge is 0.573 e. The second kappa shape index (κ2) is 8.25. The van der Waals surface area contributed by atoms with Crippen molar-refractivity contribution >= 4 is 29.6 Å². The average molecular weight is 457 g/mol. The highest BCUT2D eigenvalue weighted by Crippen LogP contribution is 2.34. The van der Waals surface area contributed by atoms with Crippen LogP contribution in [-0.2, 0) is 16.1 Å². The van der Waals surface area contributed by atoms with Crippen molar-refractivity contribution in [1.29, 1.82) is 0 Å². The summed E-state index contributed by atoms with van der Waals surface area (Å²) in [6, 6.07) is 4.96. The highest BCUT2D eigenvalue weighted by atomic mass is 32.2. The molecule has 1 aromatic carbocycles. The number of rotatable bonds is 5. The first kappa shape index (κ1) is 21.8. The molecule has 3 aliphatic rings. The predicted octanol–water partition coefficient (Wildman–Crippen LogP) is 2.75. The summed E-state index contributed by atoms with van der Waals surface area (Å²) in [7, 11) is 0. The number of likely N-dealkylation sites (tertiary alicyclic amines) is 1. The summed E-state index contributed by atoms with van der Waals surface area (Å²) in [6.45, 7) is 0.794. The minimum atomic E-state index is -4.76. The lowest BCUT2D eigenvalue weighted by molar-refractivity contribution is -0.274. The molecule has 1 N–H and O–H groups in total. The van der Waals surface area contributed by atoms with Gasteiger partial charge in [-0.05, 0) is 42.0 Å². The number of carbonyl (C=O) groups is 3. The fourth-order valence-corrected chi connectivity index (χ4v) is 5.49. The molecule has 1 aromatic rings. The number of nitrogens with one attached hydrogen (secondary N) is 1. The van der Waals surface area contributed by atoms with E-state index in [0.717, 1.165) is 11.5 Å². The molecule has 3 saturated heterocycles. The Morgan fingerprint density at radius 1 is 1.13 bits per heavy atom. The molecule has 4 amide bonds. The minimum absolute atomic E-state index is 0.114. The van der Waals surface area contributed by atoms with Crippen molar-refractivity contribution in [3.05, 3.63) is 29.8 Å². The van der Waals surface area contributed by atoms with E-state index in [1.807, 2.05) is 0 Å². The molecule has 0 bridgehead atoms. The van der Waals surface area contributed by atoms with Crippen LogP contribution in [0.3, 0.4) is 0 Å². The van der Waals surface area contributed by atoms with Gasteiger partial charge in [0.05, 0.1) is 0 Å². The van der Waals surface area contributed by atoms with Crippen LogP contribution < -0.4 is 10.1 Å². The topological polar surface area (TPSA) is 79.0 Å². The van der Waals surface area contributed by atoms with Crippen LogP contribution in [0.25, 0.3) is 0 Å². The number of thioether (sulfide) groups is 1. The van der Waals surface area contributed by atoms with Crippen LogP contribution in [0.4, 0.5) is 18.0 Å². The summed E-state index contributed by atoms with van der Waals surface area (Å²) in [6.07, 6.45) is -3.31. The maximum Gasteiger partial charge on any atom is 0.573 e. The van der Waals surface area contributed by atoms with E-state index in [4.69, 9.17) is 0 Å². The van der Waals surface area contributed by atoms with Crippen LogP contribution in [0.1, 0.15) is 24.8 Å². The SMILES string of the molecule is O=C1CC(CN2C(=O)NC3(CCSCC3)C2=O)CN1Cc1ccc(OC(F)(F)F)cc1. The first-order valence-corrected chi connectivity index (χ1v) is 11.1. The van der Waals surface area contributed by atoms with Crippen LogP contribution in [0.5, 0.6) is 5.75 Å². The van der Waals surface area contributed by atoms with Crippen molar-refractivity contribution in [2.75, 3.05) is 24.6 Å². The number of ether oxygens (including phenoxy) is 1. The molecule has 1 atom stereocenters. The standard InChI is InChI=1S/C20H22F3N3O4S/c21-20(22,23)30-15-3-1-13(2-4-15)10-25-11-14(9-16(25)27)12-26-17(28)19(24-18(26)29)5-7-31-8-6-19/h1-4,14H,5-12H2,(H,24,29). The predicted molar refractivity (Wildman–Crippen MR) is 106 cm³/mol. The lowest BCUT2D eigenvalue weighted by Crippen LogP contribution is -2.49. The van der Waals surface area contributed by atoms with Gasteiger partial charge in [-0.2, -0.15) is 11.8 Å². The maximum absolute atomic E-state index is 12.9. The fraction of sp³-hybridized carbons (Fsp3) is 0.550. The van der Waals surface area contributed by atoms with E-state index in [0.29, 0.717) is 24.9 Å². The van der Waals surface area contributed by atoms with E-state index < -0.39 is 17.9 Å². The van der Waals surface area contributed by atoms with Crippen LogP contribution in [0.15, 0.2) is 24.3 Å². The van der Waals surface area contributed by atoms with Gasteiger partial charge in [0.2, 0.25) is 5.91 Å². The van der Waals surface area contributed by atoms with E-state index in [1.165, 1.54) is 29.2 Å². The van der Waals surface area contributed by atoms with Crippen molar-refractivity contribution in [1.82, 2.24) is 15.1 Å². The molecule has 168 valence electrons. The molecule has 3 fully saturated rings. The molecule has 1 unspecified atom stereocenters. The maximum atomic E-state index is 12.9. The van der Waals surface area contributed by atoms with E-state index >= 15 is 0 Å². The third-order valence-corrected chi connectivity index (χ3v) is 6.84. The highest BCUT2D eigenvalue weighted by molar-refractivity contribution is 7.99. The van der Waals surface area contributed by atoms with Crippen LogP contribution in [0.2, 0.25) is 0 Å². The highest BCUT2D eigenvalue weighted by Gasteiger charge is 2.52. The third-order valence-electron chi connectivity index (χ3n) is 5.86. The number of carbonyl (C=O) groups excluding carboxylic acids is 3. The Bertz CT molecular complexity index is 871. The lowest BCUT2D eigenvalue weighted by atomic mass is 9.92. The molecular formula is C20H22F3N3O4S. The zero-order valence-corrected chi connectivity index (χ0v) is 17.4. The second-order valence-corrected chi connectivity index (χ2v) is 9.30. The molecule has 4 rings (SSSR count). The normalized spacial score (nSPS) is 23.6. The Kier molecular flexibility index (Phi) is 5.80. The number of nitrogens with zero attached hydrogens (tertiary/aromatic N) is 2. The van der Waals surface area contributed by atoms with Crippen molar-refractivity contribution in [3.8, 4) is 5.75 Å². The monoisotopic (exact) mass is 457 g/mol. The van der Waals surface area contributed by atoms with E-state index in [-0.39, 0.29) is 43.0 Å². The number of benzene rings is 1. The van der Waals surface area contributed by atoms with Crippen LogP contribution in [-0.4, -0.2) is 64.1 Å². The molecular weight excluding hydrogens is 435 g/mol. The number of imide groups is 1. The number of alkyl halides is 3. The molecule has 7 nitrogen and oxygen atoms in total. The van der Waals surface area contributed by atoms with Gasteiger partial charge in [-0.15, -0.1) is 13.2 Å². The summed E-state index contributed by atoms with van der Waals surface area (Å²) >= 11 is 1.76. The van der Waals surface area contributed by atoms with Gasteiger partial charge in [-0.25, -0.2) is 4.79 Å². The molecule has 11 heteroatoms. The molecule has 0 saturated carbocycles. The fourth-order valence-electron chi connectivity index (χ4n) is 4.30. The average Bonchev–Trinajstić information content (AvgIpc) is 3.15. The van der Waals surface area contributed by atoms with Crippen molar-refractivity contribution in [3.63, 3.8) is 0 Å². The molecule has 0 radical (unpaired) electrons. The Labute approximate surface area is 181 Å². The quantitative estimate of drug-likeness (QED) is 0.688. The summed E-state index contributed by atoms with van der Waals surface area (Å²) in [4.78, 5) is 40.6. The number of amides is 4. The third kappa shape index (κ3) is 4.76. The van der Waals surface area contributed by atoms with Crippen molar-refractivity contribution < 1.29 is 32.3 Å². The number of urea groups is 1. The van der Waals surface area contributed by atoms with Crippen molar-refractivity contribution in [2.24, 2.45) is 5.92 Å². The molecule has 3 aliphatic heterocycles. The van der Waals surface area contributed by atoms with Crippen LogP contribution in [0, 0.1) is 5.92 Å². The number of halogens is 3. The summed E-state index contributed by atoms with van der Waals surface area (Å²) in [5.41, 5.74) is -0.137. The van der Waals surface area contributed by atoms with Crippen molar-refractivity contribution in [2.45, 2.75) is 37.7 Å². The molecule has 1 spiro atoms. The second-order valence-electron chi connectivity index (χ2n) is 8.08. The zero-order valence-electron chi connectivity index (χ0n) is 16.6. The van der Waals surface area contributed by atoms with E-state index in [9.17, 15) is 27.6 Å². The molecule has 31 heavy (non-hydrogen) atoms. The lowest BCUT2D eigenvalue weighted by Gasteiger charge is -2.30. The van der Waals surface area contributed by atoms with E-state index in [1.54, 1.807) is 16.7 Å². The molecule has 0 aliphatic carbocycles. The minimum Gasteiger partial charge on any atom is -0.406 e. The van der Waals surface area contributed by atoms with Gasteiger partial charge < -0.3 is 15.0 Å². The zero-order chi connectivity index (χ0) is 22.2. The number of hydrogen-bond acceptors (Lipinski definition) is 5. The van der Waals surface area contributed by atoms with Crippen LogP contribution >= 0.6 is 11.8 Å². The van der Waals surface area contributed by atoms with Gasteiger partial charge in [0.25, 0.3) is 5.91 Å². The Balaban J connectivity index is 1.34. The van der Waals surface area contributed by atoms with Gasteiger partial charge in [-0.1, -0.05) is 12.1 Å². The van der Waals surface area contributed by atoms with Gasteiger partial charge in [0.15, 0.2) is 0 Å². The Morgan fingerprint density at radius 3 is 2.45 bits per heavy atom. The first-order valence-electron chi connectivity index (χ1n) is 9.99. The number of hydrogen-bond donors (Lipinski definition) is 1. The summed E-state index contributed by atoms with van der Waals surface area (Å²) in [5.74, 6) is 0.823. The Morgan fingerprint density at radius 2 is 1.81 bits per heavy atom. The summed E-state index contributed by atoms with van der Waals surface area (Å²) < 4.78 is 40.7. The summed E-state index contributed by atoms with van der Waals surface area (Å²) in [5, 5.41) is 2.86. The Hall–Kier alpha value is -2.43. The van der Waals surface area contributed by atoms with E-state index in [2.05, 4.69) is 10.1 Å².